The summed E-state index contributed by atoms with van der Waals surface area (Å²) in [4.78, 5) is 11.8. The second-order valence-electron chi connectivity index (χ2n) is 5.15. The molecule has 0 unspecified atom stereocenters. The Morgan fingerprint density at radius 1 is 1.22 bits per heavy atom. The number of hydrogen-bond acceptors (Lipinski definition) is 1. The molecule has 0 radical (unpaired) electrons. The lowest BCUT2D eigenvalue weighted by atomic mass is 9.92. The molecule has 0 bridgehead atoms. The molecule has 1 nitrogen and oxygen atoms in total. The average Bonchev–Trinajstić information content (AvgIpc) is 2.40. The van der Waals surface area contributed by atoms with Crippen molar-refractivity contribution < 1.29 is 4.79 Å². The number of Topliss-reactive ketones (excluding diaryl/α,β-unsaturated/α-hetero) is 1. The lowest BCUT2D eigenvalue weighted by Gasteiger charge is -2.12. The fourth-order valence-electron chi connectivity index (χ4n) is 2.47. The van der Waals surface area contributed by atoms with Gasteiger partial charge in [0.15, 0.2) is 5.78 Å². The van der Waals surface area contributed by atoms with E-state index in [1.807, 2.05) is 0 Å². The van der Waals surface area contributed by atoms with E-state index >= 15 is 0 Å². The zero-order chi connectivity index (χ0) is 12.8. The quantitative estimate of drug-likeness (QED) is 0.708. The predicted octanol–water partition coefficient (Wildman–Crippen LogP) is 4.56. The van der Waals surface area contributed by atoms with Crippen molar-refractivity contribution in [2.24, 2.45) is 0 Å². The summed E-state index contributed by atoms with van der Waals surface area (Å²) in [6.45, 7) is 2.21. The molecule has 1 aliphatic rings. The third kappa shape index (κ3) is 3.56. The monoisotopic (exact) mass is 242 g/mol. The number of rotatable bonds is 4. The van der Waals surface area contributed by atoms with E-state index in [0.29, 0.717) is 5.78 Å². The van der Waals surface area contributed by atoms with Gasteiger partial charge in [0.05, 0.1) is 0 Å². The van der Waals surface area contributed by atoms with Gasteiger partial charge < -0.3 is 0 Å². The Morgan fingerprint density at radius 2 is 2.06 bits per heavy atom. The van der Waals surface area contributed by atoms with Crippen LogP contribution in [0.1, 0.15) is 56.6 Å². The van der Waals surface area contributed by atoms with Crippen LogP contribution in [0.3, 0.4) is 0 Å². The number of carbonyl (C=O) groups is 1. The van der Waals surface area contributed by atoms with Crippen molar-refractivity contribution in [3.8, 4) is 0 Å². The van der Waals surface area contributed by atoms with Crippen LogP contribution in [0.4, 0.5) is 0 Å². The molecule has 0 saturated heterocycles. The third-order valence-electron chi connectivity index (χ3n) is 3.57. The van der Waals surface area contributed by atoms with Gasteiger partial charge in [-0.15, -0.1) is 0 Å². The van der Waals surface area contributed by atoms with E-state index in [1.54, 1.807) is 0 Å². The summed E-state index contributed by atoms with van der Waals surface area (Å²) < 4.78 is 0. The molecule has 1 fully saturated rings. The zero-order valence-electron chi connectivity index (χ0n) is 11.2. The van der Waals surface area contributed by atoms with E-state index in [4.69, 9.17) is 0 Å². The lowest BCUT2D eigenvalue weighted by Crippen LogP contribution is -2.07. The molecule has 0 N–H and O–H groups in total. The van der Waals surface area contributed by atoms with Crippen LogP contribution in [0.15, 0.2) is 29.8 Å². The van der Waals surface area contributed by atoms with E-state index in [1.165, 1.54) is 24.0 Å². The highest BCUT2D eigenvalue weighted by Gasteiger charge is 2.14. The van der Waals surface area contributed by atoms with Crippen molar-refractivity contribution in [1.29, 1.82) is 0 Å². The number of ketones is 1. The maximum Gasteiger partial charge on any atom is 0.158 e. The predicted molar refractivity (Wildman–Crippen MR) is 76.5 cm³/mol. The minimum absolute atomic E-state index is 0.347. The van der Waals surface area contributed by atoms with E-state index in [2.05, 4.69) is 37.3 Å². The number of allylic oxidation sites excluding steroid dienone is 1. The van der Waals surface area contributed by atoms with Crippen LogP contribution in [0.5, 0.6) is 0 Å². The topological polar surface area (TPSA) is 17.1 Å². The second-order valence-corrected chi connectivity index (χ2v) is 5.15. The Labute approximate surface area is 110 Å². The first-order valence-corrected chi connectivity index (χ1v) is 7.12. The molecule has 2 rings (SSSR count). The number of unbranched alkanes of at least 4 members (excludes halogenated alkanes) is 1. The molecule has 0 spiro atoms. The van der Waals surface area contributed by atoms with Crippen molar-refractivity contribution in [1.82, 2.24) is 0 Å². The van der Waals surface area contributed by atoms with E-state index < -0.39 is 0 Å². The fraction of sp³-hybridized carbons (Fsp3) is 0.471. The summed E-state index contributed by atoms with van der Waals surface area (Å²) in [7, 11) is 0. The third-order valence-corrected chi connectivity index (χ3v) is 3.57. The Hall–Kier alpha value is -1.37. The standard InChI is InChI=1S/C17H22O/c1-2-3-7-14-8-6-9-15(12-14)13-16-10-4-5-11-17(16)18/h6,8-9,12-13H,2-5,7,10-11H2,1H3/b16-13+. The van der Waals surface area contributed by atoms with Crippen molar-refractivity contribution in [2.75, 3.05) is 0 Å². The molecule has 0 heterocycles. The number of hydrogen-bond donors (Lipinski definition) is 0. The number of benzene rings is 1. The number of carbonyl (C=O) groups excluding carboxylic acids is 1. The zero-order valence-corrected chi connectivity index (χ0v) is 11.2. The molecule has 0 atom stereocenters. The molecule has 1 aliphatic carbocycles. The molecule has 1 heteroatoms. The lowest BCUT2D eigenvalue weighted by molar-refractivity contribution is -0.116. The van der Waals surface area contributed by atoms with Gasteiger partial charge in [0.2, 0.25) is 0 Å². The molecular formula is C17H22O. The minimum Gasteiger partial charge on any atom is -0.295 e. The summed E-state index contributed by atoms with van der Waals surface area (Å²) in [5.41, 5.74) is 3.59. The van der Waals surface area contributed by atoms with E-state index in [9.17, 15) is 4.79 Å². The highest BCUT2D eigenvalue weighted by molar-refractivity contribution is 6.00. The Bertz CT molecular complexity index is 443. The molecular weight excluding hydrogens is 220 g/mol. The molecule has 1 saturated carbocycles. The van der Waals surface area contributed by atoms with Crippen molar-refractivity contribution in [2.45, 2.75) is 51.9 Å². The van der Waals surface area contributed by atoms with Crippen molar-refractivity contribution in [3.05, 3.63) is 41.0 Å². The Kier molecular flexibility index (Phi) is 4.74. The molecule has 1 aromatic carbocycles. The minimum atomic E-state index is 0.347. The molecule has 0 aromatic heterocycles. The first-order valence-electron chi connectivity index (χ1n) is 7.12. The van der Waals surface area contributed by atoms with Crippen LogP contribution in [0.2, 0.25) is 0 Å². The van der Waals surface area contributed by atoms with Crippen LogP contribution in [-0.2, 0) is 11.2 Å². The molecule has 96 valence electrons. The summed E-state index contributed by atoms with van der Waals surface area (Å²) in [6, 6.07) is 8.61. The Balaban J connectivity index is 2.12. The molecule has 0 aliphatic heterocycles. The van der Waals surface area contributed by atoms with Gasteiger partial charge in [-0.1, -0.05) is 37.6 Å². The molecule has 18 heavy (non-hydrogen) atoms. The van der Waals surface area contributed by atoms with Crippen LogP contribution >= 0.6 is 0 Å². The van der Waals surface area contributed by atoms with Crippen LogP contribution in [-0.4, -0.2) is 5.78 Å². The normalized spacial score (nSPS) is 18.3. The fourth-order valence-corrected chi connectivity index (χ4v) is 2.47. The van der Waals surface area contributed by atoms with Gasteiger partial charge in [-0.3, -0.25) is 4.79 Å². The first kappa shape index (κ1) is 13.1. The van der Waals surface area contributed by atoms with Crippen LogP contribution in [0, 0.1) is 0 Å². The largest absolute Gasteiger partial charge is 0.295 e. The highest BCUT2D eigenvalue weighted by Crippen LogP contribution is 2.22. The summed E-state index contributed by atoms with van der Waals surface area (Å²) in [5, 5.41) is 0. The van der Waals surface area contributed by atoms with E-state index in [-0.39, 0.29) is 0 Å². The summed E-state index contributed by atoms with van der Waals surface area (Å²) >= 11 is 0. The maximum atomic E-state index is 11.8. The maximum absolute atomic E-state index is 11.8. The highest BCUT2D eigenvalue weighted by atomic mass is 16.1. The second kappa shape index (κ2) is 6.53. The van der Waals surface area contributed by atoms with Gasteiger partial charge in [0.25, 0.3) is 0 Å². The van der Waals surface area contributed by atoms with Crippen molar-refractivity contribution in [3.63, 3.8) is 0 Å². The first-order chi connectivity index (χ1) is 8.79. The van der Waals surface area contributed by atoms with Crippen LogP contribution < -0.4 is 0 Å². The molecule has 0 amide bonds. The summed E-state index contributed by atoms with van der Waals surface area (Å²) in [6.07, 6.45) is 9.61. The van der Waals surface area contributed by atoms with Gasteiger partial charge >= 0.3 is 0 Å². The van der Waals surface area contributed by atoms with Gasteiger partial charge in [0.1, 0.15) is 0 Å². The van der Waals surface area contributed by atoms with Gasteiger partial charge in [-0.25, -0.2) is 0 Å². The van der Waals surface area contributed by atoms with Gasteiger partial charge in [-0.2, -0.15) is 0 Å². The van der Waals surface area contributed by atoms with E-state index in [0.717, 1.165) is 37.7 Å². The Morgan fingerprint density at radius 3 is 2.83 bits per heavy atom. The SMILES string of the molecule is CCCCc1cccc(/C=C2\CCCCC2=O)c1. The van der Waals surface area contributed by atoms with Crippen LogP contribution in [0.25, 0.3) is 6.08 Å². The van der Waals surface area contributed by atoms with Crippen molar-refractivity contribution >= 4 is 11.9 Å². The summed E-state index contributed by atoms with van der Waals surface area (Å²) in [5.74, 6) is 0.347. The molecule has 1 aromatic rings. The number of aryl methyl sites for hydroxylation is 1. The smallest absolute Gasteiger partial charge is 0.158 e. The van der Waals surface area contributed by atoms with Gasteiger partial charge in [-0.05, 0) is 54.9 Å². The average molecular weight is 242 g/mol. The van der Waals surface area contributed by atoms with Gasteiger partial charge in [0, 0.05) is 6.42 Å².